The lowest BCUT2D eigenvalue weighted by Gasteiger charge is -2.13. The Labute approximate surface area is 141 Å². The van der Waals surface area contributed by atoms with Crippen LogP contribution in [0.3, 0.4) is 0 Å². The van der Waals surface area contributed by atoms with Gasteiger partial charge in [-0.3, -0.25) is 9.59 Å². The van der Waals surface area contributed by atoms with E-state index in [-0.39, 0.29) is 24.2 Å². The maximum atomic E-state index is 12.4. The number of rotatable bonds is 6. The molecule has 1 heterocycles. The number of benzene rings is 1. The molecule has 0 saturated heterocycles. The minimum Gasteiger partial charge on any atom is -0.355 e. The number of halogens is 1. The molecule has 23 heavy (non-hydrogen) atoms. The standard InChI is InChI=1S/C18H21ClN2O2/c1-10-17(13(4)22)12(3)21-18(10)16(23)9-20-11(2)14-5-7-15(19)8-6-14/h5-8,11,20-21H,9H2,1-4H3/t11-/m0/s1. The molecule has 2 N–H and O–H groups in total. The maximum Gasteiger partial charge on any atom is 0.193 e. The zero-order chi connectivity index (χ0) is 17.1. The molecule has 0 unspecified atom stereocenters. The van der Waals surface area contributed by atoms with Crippen LogP contribution < -0.4 is 5.32 Å². The molecule has 5 heteroatoms. The van der Waals surface area contributed by atoms with Crippen LogP contribution in [0.2, 0.25) is 5.02 Å². The van der Waals surface area contributed by atoms with Crippen LogP contribution >= 0.6 is 11.6 Å². The number of aryl methyl sites for hydroxylation is 1. The normalized spacial score (nSPS) is 12.2. The van der Waals surface area contributed by atoms with Crippen molar-refractivity contribution in [3.63, 3.8) is 0 Å². The van der Waals surface area contributed by atoms with Crippen LogP contribution in [-0.2, 0) is 0 Å². The Morgan fingerprint density at radius 2 is 1.83 bits per heavy atom. The molecule has 1 aromatic heterocycles. The molecule has 0 spiro atoms. The van der Waals surface area contributed by atoms with E-state index >= 15 is 0 Å². The molecule has 0 radical (unpaired) electrons. The van der Waals surface area contributed by atoms with Gasteiger partial charge in [-0.15, -0.1) is 0 Å². The molecule has 2 rings (SSSR count). The number of aromatic nitrogens is 1. The first kappa shape index (κ1) is 17.4. The molecule has 1 aromatic carbocycles. The molecule has 2 aromatic rings. The molecule has 0 aliphatic carbocycles. The van der Waals surface area contributed by atoms with Crippen LogP contribution in [0.5, 0.6) is 0 Å². The molecule has 0 bridgehead atoms. The summed E-state index contributed by atoms with van der Waals surface area (Å²) >= 11 is 5.88. The van der Waals surface area contributed by atoms with Crippen LogP contribution in [0, 0.1) is 13.8 Å². The van der Waals surface area contributed by atoms with Gasteiger partial charge in [0.1, 0.15) is 0 Å². The Kier molecular flexibility index (Phi) is 5.39. The number of aromatic amines is 1. The molecular formula is C18H21ClN2O2. The predicted octanol–water partition coefficient (Wildman–Crippen LogP) is 4.02. The van der Waals surface area contributed by atoms with E-state index in [2.05, 4.69) is 10.3 Å². The van der Waals surface area contributed by atoms with Gasteiger partial charge in [0.05, 0.1) is 12.2 Å². The van der Waals surface area contributed by atoms with Crippen molar-refractivity contribution >= 4 is 23.2 Å². The summed E-state index contributed by atoms with van der Waals surface area (Å²) in [7, 11) is 0. The van der Waals surface area contributed by atoms with Crippen LogP contribution in [0.25, 0.3) is 0 Å². The van der Waals surface area contributed by atoms with Gasteiger partial charge in [0, 0.05) is 22.3 Å². The summed E-state index contributed by atoms with van der Waals surface area (Å²) in [5.74, 6) is -0.0864. The molecule has 4 nitrogen and oxygen atoms in total. The van der Waals surface area contributed by atoms with Gasteiger partial charge in [0.25, 0.3) is 0 Å². The first-order valence-electron chi connectivity index (χ1n) is 7.53. The van der Waals surface area contributed by atoms with E-state index in [1.807, 2.05) is 38.1 Å². The van der Waals surface area contributed by atoms with E-state index in [9.17, 15) is 9.59 Å². The lowest BCUT2D eigenvalue weighted by Crippen LogP contribution is -2.26. The van der Waals surface area contributed by atoms with Crippen molar-refractivity contribution in [1.82, 2.24) is 10.3 Å². The number of H-pyrrole nitrogens is 1. The van der Waals surface area contributed by atoms with Crippen molar-refractivity contribution in [3.05, 3.63) is 57.4 Å². The van der Waals surface area contributed by atoms with E-state index < -0.39 is 0 Å². The van der Waals surface area contributed by atoms with Crippen LogP contribution in [0.1, 0.15) is 57.6 Å². The minimum atomic E-state index is -0.0566. The Bertz CT molecular complexity index is 732. The van der Waals surface area contributed by atoms with Crippen molar-refractivity contribution in [1.29, 1.82) is 0 Å². The van der Waals surface area contributed by atoms with Crippen molar-refractivity contribution in [2.75, 3.05) is 6.54 Å². The molecule has 0 amide bonds. The third kappa shape index (κ3) is 3.89. The summed E-state index contributed by atoms with van der Waals surface area (Å²) in [6, 6.07) is 7.55. The molecular weight excluding hydrogens is 312 g/mol. The second-order valence-electron chi connectivity index (χ2n) is 5.76. The van der Waals surface area contributed by atoms with Gasteiger partial charge >= 0.3 is 0 Å². The zero-order valence-corrected chi connectivity index (χ0v) is 14.5. The van der Waals surface area contributed by atoms with Crippen molar-refractivity contribution in [3.8, 4) is 0 Å². The highest BCUT2D eigenvalue weighted by molar-refractivity contribution is 6.30. The Hall–Kier alpha value is -1.91. The third-order valence-corrected chi connectivity index (χ3v) is 4.26. The number of nitrogens with one attached hydrogen (secondary N) is 2. The average Bonchev–Trinajstić information content (AvgIpc) is 2.80. The Morgan fingerprint density at radius 3 is 2.35 bits per heavy atom. The maximum absolute atomic E-state index is 12.4. The fourth-order valence-electron chi connectivity index (χ4n) is 2.76. The van der Waals surface area contributed by atoms with Gasteiger partial charge in [-0.05, 0) is 51.0 Å². The first-order valence-corrected chi connectivity index (χ1v) is 7.91. The van der Waals surface area contributed by atoms with Gasteiger partial charge in [0.2, 0.25) is 0 Å². The molecule has 0 aliphatic heterocycles. The molecule has 1 atom stereocenters. The van der Waals surface area contributed by atoms with Crippen molar-refractivity contribution in [2.45, 2.75) is 33.7 Å². The van der Waals surface area contributed by atoms with Gasteiger partial charge in [0.15, 0.2) is 11.6 Å². The highest BCUT2D eigenvalue weighted by Crippen LogP contribution is 2.19. The van der Waals surface area contributed by atoms with E-state index in [0.29, 0.717) is 16.3 Å². The smallest absolute Gasteiger partial charge is 0.193 e. The number of hydrogen-bond acceptors (Lipinski definition) is 3. The second kappa shape index (κ2) is 7.11. The molecule has 0 aliphatic rings. The number of Topliss-reactive ketones (excluding diaryl/α,β-unsaturated/α-hetero) is 2. The minimum absolute atomic E-state index is 0.0276. The predicted molar refractivity (Wildman–Crippen MR) is 92.5 cm³/mol. The molecule has 0 fully saturated rings. The summed E-state index contributed by atoms with van der Waals surface area (Å²) in [6.07, 6.45) is 0. The van der Waals surface area contributed by atoms with E-state index in [0.717, 1.165) is 16.8 Å². The first-order chi connectivity index (χ1) is 10.8. The highest BCUT2D eigenvalue weighted by Gasteiger charge is 2.20. The van der Waals surface area contributed by atoms with Crippen molar-refractivity contribution in [2.24, 2.45) is 0 Å². The Balaban J connectivity index is 2.07. The third-order valence-electron chi connectivity index (χ3n) is 4.01. The van der Waals surface area contributed by atoms with Gasteiger partial charge < -0.3 is 10.3 Å². The summed E-state index contributed by atoms with van der Waals surface area (Å²) in [4.78, 5) is 27.1. The molecule has 122 valence electrons. The van der Waals surface area contributed by atoms with Crippen LogP contribution in [-0.4, -0.2) is 23.1 Å². The van der Waals surface area contributed by atoms with Crippen molar-refractivity contribution < 1.29 is 9.59 Å². The highest BCUT2D eigenvalue weighted by atomic mass is 35.5. The van der Waals surface area contributed by atoms with Gasteiger partial charge in [-0.25, -0.2) is 0 Å². The summed E-state index contributed by atoms with van der Waals surface area (Å²) in [5, 5.41) is 3.89. The average molecular weight is 333 g/mol. The van der Waals surface area contributed by atoms with E-state index in [1.54, 1.807) is 6.92 Å². The largest absolute Gasteiger partial charge is 0.355 e. The number of ketones is 2. The lowest BCUT2D eigenvalue weighted by molar-refractivity contribution is 0.0982. The van der Waals surface area contributed by atoms with Gasteiger partial charge in [-0.2, -0.15) is 0 Å². The fraction of sp³-hybridized carbons (Fsp3) is 0.333. The summed E-state index contributed by atoms with van der Waals surface area (Å²) in [5.41, 5.74) is 3.64. The quantitative estimate of drug-likeness (QED) is 0.785. The van der Waals surface area contributed by atoms with E-state index in [1.165, 1.54) is 6.92 Å². The van der Waals surface area contributed by atoms with E-state index in [4.69, 9.17) is 11.6 Å². The number of carbonyl (C=O) groups is 2. The fourth-order valence-corrected chi connectivity index (χ4v) is 2.89. The van der Waals surface area contributed by atoms with Crippen LogP contribution in [0.4, 0.5) is 0 Å². The topological polar surface area (TPSA) is 62.0 Å². The summed E-state index contributed by atoms with van der Waals surface area (Å²) in [6.45, 7) is 7.31. The Morgan fingerprint density at radius 1 is 1.22 bits per heavy atom. The number of hydrogen-bond donors (Lipinski definition) is 2. The van der Waals surface area contributed by atoms with Gasteiger partial charge in [-0.1, -0.05) is 23.7 Å². The zero-order valence-electron chi connectivity index (χ0n) is 13.8. The lowest BCUT2D eigenvalue weighted by atomic mass is 10.0. The molecule has 0 saturated carbocycles. The second-order valence-corrected chi connectivity index (χ2v) is 6.19. The van der Waals surface area contributed by atoms with Crippen LogP contribution in [0.15, 0.2) is 24.3 Å². The monoisotopic (exact) mass is 332 g/mol. The number of carbonyl (C=O) groups excluding carboxylic acids is 2. The summed E-state index contributed by atoms with van der Waals surface area (Å²) < 4.78 is 0. The SMILES string of the molecule is CC(=O)c1c(C)[nH]c(C(=O)CN[C@@H](C)c2ccc(Cl)cc2)c1C.